The summed E-state index contributed by atoms with van der Waals surface area (Å²) in [4.78, 5) is 24.8. The summed E-state index contributed by atoms with van der Waals surface area (Å²) in [6.45, 7) is -0.0643. The second-order valence-electron chi connectivity index (χ2n) is 6.88. The molecule has 1 N–H and O–H groups in total. The van der Waals surface area contributed by atoms with Crippen molar-refractivity contribution in [2.24, 2.45) is 0 Å². The van der Waals surface area contributed by atoms with Gasteiger partial charge in [-0.25, -0.2) is 8.42 Å². The fourth-order valence-electron chi connectivity index (χ4n) is 2.82. The molecule has 2 amide bonds. The van der Waals surface area contributed by atoms with Gasteiger partial charge in [-0.3, -0.25) is 9.59 Å². The molecule has 7 nitrogen and oxygen atoms in total. The van der Waals surface area contributed by atoms with Gasteiger partial charge in [-0.15, -0.1) is 0 Å². The van der Waals surface area contributed by atoms with Crippen LogP contribution in [0.2, 0.25) is 0 Å². The highest BCUT2D eigenvalue weighted by atomic mass is 79.9. The van der Waals surface area contributed by atoms with Gasteiger partial charge in [0.1, 0.15) is 5.75 Å². The maximum Gasteiger partial charge on any atom is 0.262 e. The molecule has 1 aliphatic carbocycles. The number of carbonyl (C=O) groups excluding carboxylic acids is 2. The average Bonchev–Trinajstić information content (AvgIpc) is 3.52. The normalized spacial score (nSPS) is 13.6. The molecular weight excluding hydrogens is 460 g/mol. The van der Waals surface area contributed by atoms with Crippen LogP contribution in [-0.4, -0.2) is 44.5 Å². The molecule has 1 fully saturated rings. The van der Waals surface area contributed by atoms with Crippen molar-refractivity contribution in [3.05, 3.63) is 52.5 Å². The van der Waals surface area contributed by atoms with Crippen molar-refractivity contribution in [2.75, 3.05) is 19.0 Å². The summed E-state index contributed by atoms with van der Waals surface area (Å²) in [6.07, 6.45) is 1.93. The van der Waals surface area contributed by atoms with E-state index in [1.807, 2.05) is 6.07 Å². The Labute approximate surface area is 178 Å². The van der Waals surface area contributed by atoms with Crippen LogP contribution in [0.1, 0.15) is 18.4 Å². The zero-order valence-corrected chi connectivity index (χ0v) is 18.2. The summed E-state index contributed by atoms with van der Waals surface area (Å²) in [5.41, 5.74) is 0.911. The molecule has 0 unspecified atom stereocenters. The number of hydrogen-bond donors (Lipinski definition) is 1. The molecule has 2 aromatic carbocycles. The van der Waals surface area contributed by atoms with Crippen molar-refractivity contribution in [3.8, 4) is 5.75 Å². The maximum atomic E-state index is 12.7. The van der Waals surface area contributed by atoms with Gasteiger partial charge in [0.2, 0.25) is 6.41 Å². The molecule has 1 aliphatic rings. The van der Waals surface area contributed by atoms with E-state index in [-0.39, 0.29) is 29.2 Å². The number of nitrogens with zero attached hydrogens (tertiary/aromatic N) is 1. The number of hydrogen-bond acceptors (Lipinski definition) is 5. The van der Waals surface area contributed by atoms with Crippen molar-refractivity contribution in [1.82, 2.24) is 4.90 Å². The number of rotatable bonds is 9. The summed E-state index contributed by atoms with van der Waals surface area (Å²) >= 11 is 3.34. The Balaban J connectivity index is 1.74. The van der Waals surface area contributed by atoms with Crippen molar-refractivity contribution in [1.29, 1.82) is 0 Å². The number of benzene rings is 2. The number of sulfone groups is 1. The summed E-state index contributed by atoms with van der Waals surface area (Å²) in [5, 5.41) is 2.35. The quantitative estimate of drug-likeness (QED) is 0.556. The number of amides is 2. The van der Waals surface area contributed by atoms with E-state index in [4.69, 9.17) is 4.74 Å². The fourth-order valence-corrected chi connectivity index (χ4v) is 5.07. The lowest BCUT2D eigenvalue weighted by Crippen LogP contribution is -2.22. The van der Waals surface area contributed by atoms with Gasteiger partial charge in [0, 0.05) is 23.8 Å². The first-order valence-electron chi connectivity index (χ1n) is 9.00. The molecule has 0 aromatic heterocycles. The number of nitrogens with one attached hydrogen (secondary N) is 1. The topological polar surface area (TPSA) is 92.8 Å². The Morgan fingerprint density at radius 3 is 2.69 bits per heavy atom. The summed E-state index contributed by atoms with van der Waals surface area (Å²) in [7, 11) is -1.86. The third-order valence-electron chi connectivity index (χ3n) is 4.38. The van der Waals surface area contributed by atoms with Gasteiger partial charge in [-0.2, -0.15) is 0 Å². The molecule has 0 heterocycles. The molecule has 0 bridgehead atoms. The van der Waals surface area contributed by atoms with Crippen LogP contribution in [0.25, 0.3) is 0 Å². The Morgan fingerprint density at radius 2 is 2.03 bits per heavy atom. The zero-order chi connectivity index (χ0) is 21.0. The third kappa shape index (κ3) is 5.57. The number of anilines is 1. The monoisotopic (exact) mass is 480 g/mol. The van der Waals surface area contributed by atoms with E-state index in [0.717, 1.165) is 4.47 Å². The lowest BCUT2D eigenvalue weighted by molar-refractivity contribution is -0.118. The van der Waals surface area contributed by atoms with Gasteiger partial charge in [0.05, 0.1) is 10.1 Å². The van der Waals surface area contributed by atoms with Gasteiger partial charge in [0.25, 0.3) is 5.91 Å². The van der Waals surface area contributed by atoms with Crippen molar-refractivity contribution >= 4 is 43.8 Å². The van der Waals surface area contributed by atoms with E-state index in [9.17, 15) is 18.0 Å². The van der Waals surface area contributed by atoms with E-state index >= 15 is 0 Å². The van der Waals surface area contributed by atoms with Crippen LogP contribution in [0.5, 0.6) is 5.75 Å². The largest absolute Gasteiger partial charge is 0.484 e. The number of carbonyl (C=O) groups is 2. The molecule has 0 spiro atoms. The molecule has 0 aliphatic heterocycles. The summed E-state index contributed by atoms with van der Waals surface area (Å²) in [6, 6.07) is 11.8. The zero-order valence-electron chi connectivity index (χ0n) is 15.8. The molecule has 0 saturated heterocycles. The predicted molar refractivity (Wildman–Crippen MR) is 112 cm³/mol. The molecule has 0 atom stereocenters. The molecule has 1 saturated carbocycles. The average molecular weight is 481 g/mol. The van der Waals surface area contributed by atoms with Crippen LogP contribution in [0, 0.1) is 0 Å². The van der Waals surface area contributed by atoms with Crippen molar-refractivity contribution in [2.45, 2.75) is 29.5 Å². The summed E-state index contributed by atoms with van der Waals surface area (Å²) < 4.78 is 31.7. The molecule has 154 valence electrons. The van der Waals surface area contributed by atoms with Gasteiger partial charge in [0.15, 0.2) is 16.4 Å². The van der Waals surface area contributed by atoms with Crippen molar-refractivity contribution < 1.29 is 22.7 Å². The smallest absolute Gasteiger partial charge is 0.262 e. The van der Waals surface area contributed by atoms with Crippen LogP contribution in [0.3, 0.4) is 0 Å². The highest BCUT2D eigenvalue weighted by Crippen LogP contribution is 2.36. The molecule has 29 heavy (non-hydrogen) atoms. The Bertz CT molecular complexity index is 1020. The van der Waals surface area contributed by atoms with Crippen LogP contribution >= 0.6 is 15.9 Å². The standard InChI is InChI=1S/C20H21BrN2O5S/c1-23(13-24)11-14-9-16(5-8-19(14)29(26,27)18-6-7-18)22-20(25)12-28-17-4-2-3-15(21)10-17/h2-5,8-10,13,18H,6-7,11-12H2,1H3,(H,22,25). The Hall–Kier alpha value is -2.39. The lowest BCUT2D eigenvalue weighted by Gasteiger charge is -2.16. The second kappa shape index (κ2) is 8.96. The van der Waals surface area contributed by atoms with Crippen LogP contribution < -0.4 is 10.1 Å². The van der Waals surface area contributed by atoms with Gasteiger partial charge >= 0.3 is 0 Å². The predicted octanol–water partition coefficient (Wildman–Crippen LogP) is 2.99. The molecule has 3 rings (SSSR count). The first-order chi connectivity index (χ1) is 13.8. The van der Waals surface area contributed by atoms with E-state index in [1.165, 1.54) is 11.0 Å². The highest BCUT2D eigenvalue weighted by molar-refractivity contribution is 9.10. The van der Waals surface area contributed by atoms with Gasteiger partial charge in [-0.05, 0) is 54.8 Å². The Morgan fingerprint density at radius 1 is 1.28 bits per heavy atom. The minimum Gasteiger partial charge on any atom is -0.484 e. The van der Waals surface area contributed by atoms with E-state index < -0.39 is 9.84 Å². The molecule has 9 heteroatoms. The lowest BCUT2D eigenvalue weighted by atomic mass is 10.2. The van der Waals surface area contributed by atoms with E-state index in [0.29, 0.717) is 36.3 Å². The number of halogens is 1. The van der Waals surface area contributed by atoms with Crippen LogP contribution in [0.15, 0.2) is 51.8 Å². The van der Waals surface area contributed by atoms with Gasteiger partial charge in [-0.1, -0.05) is 22.0 Å². The van der Waals surface area contributed by atoms with Crippen LogP contribution in [-0.2, 0) is 26.0 Å². The molecule has 0 radical (unpaired) electrons. The van der Waals surface area contributed by atoms with E-state index in [1.54, 1.807) is 37.4 Å². The van der Waals surface area contributed by atoms with Crippen molar-refractivity contribution in [3.63, 3.8) is 0 Å². The highest BCUT2D eigenvalue weighted by Gasteiger charge is 2.38. The summed E-state index contributed by atoms with van der Waals surface area (Å²) in [5.74, 6) is 0.172. The minimum atomic E-state index is -3.43. The first kappa shape index (κ1) is 21.3. The fraction of sp³-hybridized carbons (Fsp3) is 0.300. The van der Waals surface area contributed by atoms with Crippen LogP contribution in [0.4, 0.5) is 5.69 Å². The third-order valence-corrected chi connectivity index (χ3v) is 7.23. The molecular formula is C20H21BrN2O5S. The Kier molecular flexibility index (Phi) is 6.59. The van der Waals surface area contributed by atoms with E-state index in [2.05, 4.69) is 21.2 Å². The van der Waals surface area contributed by atoms with Gasteiger partial charge < -0.3 is 15.0 Å². The first-order valence-corrected chi connectivity index (χ1v) is 11.3. The number of ether oxygens (including phenoxy) is 1. The second-order valence-corrected chi connectivity index (χ2v) is 9.99. The molecule has 2 aromatic rings. The minimum absolute atomic E-state index is 0.128. The maximum absolute atomic E-state index is 12.7. The SMILES string of the molecule is CN(C=O)Cc1cc(NC(=O)COc2cccc(Br)c2)ccc1S(=O)(=O)C1CC1.